The van der Waals surface area contributed by atoms with Crippen molar-refractivity contribution in [2.45, 2.75) is 93.3 Å². The summed E-state index contributed by atoms with van der Waals surface area (Å²) in [6.07, 6.45) is 8.40. The minimum atomic E-state index is -0.753. The molecule has 2 aromatic carbocycles. The van der Waals surface area contributed by atoms with Crippen molar-refractivity contribution in [2.75, 3.05) is 26.2 Å². The van der Waals surface area contributed by atoms with Crippen LogP contribution in [-0.4, -0.2) is 67.2 Å². The Hall–Kier alpha value is -1.93. The number of nitrogens with one attached hydrogen (secondary N) is 1. The molecular formula is C34H46Cl2N4O2. The maximum absolute atomic E-state index is 11.1. The number of aliphatic hydroxyl groups is 2. The summed E-state index contributed by atoms with van der Waals surface area (Å²) in [7, 11) is 0. The van der Waals surface area contributed by atoms with E-state index in [0.29, 0.717) is 25.7 Å². The maximum atomic E-state index is 11.1. The Morgan fingerprint density at radius 2 is 1.17 bits per heavy atom. The molecular weight excluding hydrogens is 567 g/mol. The van der Waals surface area contributed by atoms with Crippen molar-refractivity contribution in [1.82, 2.24) is 19.8 Å². The molecule has 3 heterocycles. The van der Waals surface area contributed by atoms with E-state index in [9.17, 15) is 10.2 Å². The third-order valence-electron chi connectivity index (χ3n) is 9.37. The van der Waals surface area contributed by atoms with E-state index in [1.54, 1.807) is 0 Å². The van der Waals surface area contributed by atoms with Gasteiger partial charge in [0, 0.05) is 31.9 Å². The van der Waals surface area contributed by atoms with E-state index >= 15 is 0 Å². The molecule has 42 heavy (non-hydrogen) atoms. The quantitative estimate of drug-likeness (QED) is 0.162. The number of alkyl halides is 2. The maximum Gasteiger partial charge on any atom is 0.103 e. The molecule has 2 aliphatic rings. The molecule has 2 atom stereocenters. The van der Waals surface area contributed by atoms with Gasteiger partial charge in [0.2, 0.25) is 0 Å². The zero-order valence-corrected chi connectivity index (χ0v) is 26.3. The van der Waals surface area contributed by atoms with Crippen LogP contribution in [0.5, 0.6) is 0 Å². The monoisotopic (exact) mass is 612 g/mol. The number of H-pyrrole nitrogens is 1. The summed E-state index contributed by atoms with van der Waals surface area (Å²) >= 11 is 13.7. The van der Waals surface area contributed by atoms with Gasteiger partial charge >= 0.3 is 0 Å². The highest BCUT2D eigenvalue weighted by Gasteiger charge is 2.36. The second-order valence-electron chi connectivity index (χ2n) is 12.3. The molecule has 0 aliphatic carbocycles. The van der Waals surface area contributed by atoms with E-state index in [4.69, 9.17) is 28.2 Å². The zero-order valence-electron chi connectivity index (χ0n) is 24.8. The first-order valence-corrected chi connectivity index (χ1v) is 16.5. The summed E-state index contributed by atoms with van der Waals surface area (Å²) in [4.78, 5) is 12.9. The number of hydrogen-bond acceptors (Lipinski definition) is 5. The van der Waals surface area contributed by atoms with Crippen LogP contribution >= 0.6 is 23.2 Å². The van der Waals surface area contributed by atoms with Crippen LogP contribution < -0.4 is 0 Å². The first kappa shape index (κ1) is 31.5. The van der Waals surface area contributed by atoms with Crippen LogP contribution in [0.1, 0.15) is 79.7 Å². The average Bonchev–Trinajstić information content (AvgIpc) is 3.37. The van der Waals surface area contributed by atoms with Gasteiger partial charge in [0.1, 0.15) is 5.82 Å². The molecule has 2 unspecified atom stereocenters. The SMILES string of the molecule is Cc1nc(CCCC(Cl)N2CCC(O)(c3ccccc3)CC2)c(CCCC(Cl)N2CCC(O)(c3ccccc3)CC2)[nH]1. The fourth-order valence-corrected chi connectivity index (χ4v) is 7.37. The fraction of sp³-hybridized carbons (Fsp3) is 0.559. The highest BCUT2D eigenvalue weighted by atomic mass is 35.5. The molecule has 5 rings (SSSR count). The van der Waals surface area contributed by atoms with Crippen LogP contribution in [0.15, 0.2) is 60.7 Å². The van der Waals surface area contributed by atoms with Gasteiger partial charge in [-0.15, -0.1) is 23.2 Å². The Bertz CT molecular complexity index is 1140. The Morgan fingerprint density at radius 1 is 0.738 bits per heavy atom. The number of likely N-dealkylation sites (tertiary alicyclic amines) is 2. The van der Waals surface area contributed by atoms with E-state index in [2.05, 4.69) is 14.8 Å². The lowest BCUT2D eigenvalue weighted by Crippen LogP contribution is -2.45. The smallest absolute Gasteiger partial charge is 0.103 e. The third-order valence-corrected chi connectivity index (χ3v) is 10.4. The van der Waals surface area contributed by atoms with Crippen LogP contribution in [0, 0.1) is 6.92 Å². The lowest BCUT2D eigenvalue weighted by Gasteiger charge is -2.40. The number of aromatic nitrogens is 2. The van der Waals surface area contributed by atoms with Gasteiger partial charge in [-0.2, -0.15) is 0 Å². The predicted octanol–water partition coefficient (Wildman–Crippen LogP) is 6.46. The van der Waals surface area contributed by atoms with Crippen LogP contribution in [-0.2, 0) is 24.0 Å². The van der Waals surface area contributed by atoms with Gasteiger partial charge < -0.3 is 15.2 Å². The normalized spacial score (nSPS) is 20.8. The molecule has 2 saturated heterocycles. The van der Waals surface area contributed by atoms with Crippen LogP contribution in [0.4, 0.5) is 0 Å². The van der Waals surface area contributed by atoms with Gasteiger partial charge in [0.05, 0.1) is 27.9 Å². The van der Waals surface area contributed by atoms with Gasteiger partial charge in [-0.1, -0.05) is 60.7 Å². The molecule has 2 aliphatic heterocycles. The summed E-state index contributed by atoms with van der Waals surface area (Å²) in [5.74, 6) is 0.956. The predicted molar refractivity (Wildman–Crippen MR) is 171 cm³/mol. The second kappa shape index (κ2) is 14.2. The number of hydrogen-bond donors (Lipinski definition) is 3. The summed E-state index contributed by atoms with van der Waals surface area (Å²) in [5.41, 5.74) is 2.80. The number of halogens is 2. The Morgan fingerprint density at radius 3 is 1.62 bits per heavy atom. The van der Waals surface area contributed by atoms with Crippen molar-refractivity contribution in [2.24, 2.45) is 0 Å². The zero-order chi connectivity index (χ0) is 29.6. The standard InChI is InChI=1S/C34H46Cl2N4O2/c1-26-37-29(14-8-16-31(35)39-22-18-33(41,19-23-39)27-10-4-2-5-11-27)30(38-26)15-9-17-32(36)40-24-20-34(42,21-25-40)28-12-6-3-7-13-28/h2-7,10-13,31-32,41-42H,8-9,14-25H2,1H3,(H,37,38). The van der Waals surface area contributed by atoms with Crippen molar-refractivity contribution >= 4 is 23.2 Å². The number of benzene rings is 2. The summed E-state index contributed by atoms with van der Waals surface area (Å²) in [6, 6.07) is 20.0. The van der Waals surface area contributed by atoms with E-state index < -0.39 is 11.2 Å². The molecule has 2 fully saturated rings. The molecule has 0 bridgehead atoms. The molecule has 8 heteroatoms. The van der Waals surface area contributed by atoms with E-state index in [1.807, 2.05) is 67.6 Å². The number of imidazole rings is 1. The number of aromatic amines is 1. The van der Waals surface area contributed by atoms with Gasteiger partial charge in [0.25, 0.3) is 0 Å². The summed E-state index contributed by atoms with van der Waals surface area (Å²) in [5, 5.41) is 22.3. The number of nitrogens with zero attached hydrogens (tertiary/aromatic N) is 3. The second-order valence-corrected chi connectivity index (χ2v) is 13.3. The summed E-state index contributed by atoms with van der Waals surface area (Å²) < 4.78 is 0. The van der Waals surface area contributed by atoms with Gasteiger partial charge in [-0.3, -0.25) is 9.80 Å². The molecule has 3 aromatic rings. The van der Waals surface area contributed by atoms with Crippen LogP contribution in [0.3, 0.4) is 0 Å². The number of aryl methyl sites for hydroxylation is 3. The highest BCUT2D eigenvalue weighted by molar-refractivity contribution is 6.20. The lowest BCUT2D eigenvalue weighted by molar-refractivity contribution is -0.0298. The summed E-state index contributed by atoms with van der Waals surface area (Å²) in [6.45, 7) is 5.22. The number of rotatable bonds is 12. The fourth-order valence-electron chi connectivity index (χ4n) is 6.67. The van der Waals surface area contributed by atoms with Gasteiger partial charge in [-0.25, -0.2) is 4.98 Å². The Kier molecular flexibility index (Phi) is 10.7. The molecule has 0 spiro atoms. The molecule has 228 valence electrons. The minimum Gasteiger partial charge on any atom is -0.385 e. The average molecular weight is 614 g/mol. The van der Waals surface area contributed by atoms with Crippen molar-refractivity contribution in [3.63, 3.8) is 0 Å². The van der Waals surface area contributed by atoms with Crippen LogP contribution in [0.25, 0.3) is 0 Å². The third kappa shape index (κ3) is 7.77. The molecule has 0 saturated carbocycles. The lowest BCUT2D eigenvalue weighted by atomic mass is 9.84. The molecule has 0 radical (unpaired) electrons. The molecule has 6 nitrogen and oxygen atoms in total. The van der Waals surface area contributed by atoms with Crippen molar-refractivity contribution < 1.29 is 10.2 Å². The molecule has 1 aromatic heterocycles. The van der Waals surface area contributed by atoms with Crippen LogP contribution in [0.2, 0.25) is 0 Å². The van der Waals surface area contributed by atoms with Crippen molar-refractivity contribution in [1.29, 1.82) is 0 Å². The topological polar surface area (TPSA) is 75.6 Å². The molecule has 0 amide bonds. The minimum absolute atomic E-state index is 0.0288. The van der Waals surface area contributed by atoms with Gasteiger partial charge in [-0.05, 0) is 82.3 Å². The largest absolute Gasteiger partial charge is 0.385 e. The first-order valence-electron chi connectivity index (χ1n) is 15.6. The molecule has 3 N–H and O–H groups in total. The van der Waals surface area contributed by atoms with Gasteiger partial charge in [0.15, 0.2) is 0 Å². The van der Waals surface area contributed by atoms with Crippen molar-refractivity contribution in [3.05, 3.63) is 89.0 Å². The Labute approximate surface area is 261 Å². The Balaban J connectivity index is 1.02. The highest BCUT2D eigenvalue weighted by Crippen LogP contribution is 2.35. The van der Waals surface area contributed by atoms with E-state index in [0.717, 1.165) is 87.3 Å². The number of piperidine rings is 2. The van der Waals surface area contributed by atoms with E-state index in [-0.39, 0.29) is 11.0 Å². The van der Waals surface area contributed by atoms with E-state index in [1.165, 1.54) is 5.69 Å². The first-order chi connectivity index (χ1) is 20.3. The van der Waals surface area contributed by atoms with Crippen molar-refractivity contribution in [3.8, 4) is 0 Å².